The van der Waals surface area contributed by atoms with Crippen molar-refractivity contribution < 1.29 is 39.2 Å². The molecule has 150 valence electrons. The van der Waals surface area contributed by atoms with Crippen molar-refractivity contribution in [2.75, 3.05) is 19.8 Å². The molecule has 1 aliphatic rings. The molecule has 1 saturated heterocycles. The predicted molar refractivity (Wildman–Crippen MR) is 87.4 cm³/mol. The minimum atomic E-state index is -1.37. The number of unbranched alkanes of at least 4 members (excludes halogenated alkanes) is 1. The van der Waals surface area contributed by atoms with E-state index in [-0.39, 0.29) is 25.5 Å². The summed E-state index contributed by atoms with van der Waals surface area (Å²) in [6, 6.07) is -0.996. The zero-order chi connectivity index (χ0) is 19.7. The van der Waals surface area contributed by atoms with Crippen molar-refractivity contribution in [1.82, 2.24) is 10.6 Å². The van der Waals surface area contributed by atoms with Crippen LogP contribution in [-0.4, -0.2) is 83.4 Å². The van der Waals surface area contributed by atoms with Gasteiger partial charge in [0.05, 0.1) is 13.2 Å². The summed E-state index contributed by atoms with van der Waals surface area (Å²) in [6.07, 6.45) is -3.72. The molecule has 0 spiro atoms. The number of carbonyl (C=O) groups excluding carboxylic acids is 3. The Hall–Kier alpha value is -1.79. The molecule has 0 aliphatic carbocycles. The van der Waals surface area contributed by atoms with Gasteiger partial charge in [-0.25, -0.2) is 0 Å². The van der Waals surface area contributed by atoms with Crippen LogP contribution in [0.3, 0.4) is 0 Å². The number of rotatable bonds is 10. The van der Waals surface area contributed by atoms with Gasteiger partial charge < -0.3 is 41.2 Å². The summed E-state index contributed by atoms with van der Waals surface area (Å²) in [7, 11) is 0. The molecule has 0 aromatic carbocycles. The van der Waals surface area contributed by atoms with Gasteiger partial charge in [0.15, 0.2) is 6.29 Å². The monoisotopic (exact) mass is 377 g/mol. The molecule has 5 atom stereocenters. The summed E-state index contributed by atoms with van der Waals surface area (Å²) in [4.78, 5) is 33.3. The van der Waals surface area contributed by atoms with Gasteiger partial charge in [-0.15, -0.1) is 0 Å². The van der Waals surface area contributed by atoms with Crippen molar-refractivity contribution in [3.05, 3.63) is 0 Å². The second kappa shape index (κ2) is 11.0. The number of amides is 3. The van der Waals surface area contributed by atoms with Gasteiger partial charge in [-0.3, -0.25) is 14.4 Å². The van der Waals surface area contributed by atoms with E-state index in [0.29, 0.717) is 12.8 Å². The quantitative estimate of drug-likeness (QED) is 0.214. The lowest BCUT2D eigenvalue weighted by molar-refractivity contribution is -0.270. The molecule has 11 heteroatoms. The third-order valence-corrected chi connectivity index (χ3v) is 3.79. The van der Waals surface area contributed by atoms with E-state index in [4.69, 9.17) is 15.2 Å². The van der Waals surface area contributed by atoms with Crippen LogP contribution in [0.5, 0.6) is 0 Å². The zero-order valence-corrected chi connectivity index (χ0v) is 14.6. The Kier molecular flexibility index (Phi) is 9.44. The maximum Gasteiger partial charge on any atom is 0.236 e. The first-order chi connectivity index (χ1) is 12.3. The number of hydrogen-bond acceptors (Lipinski definition) is 8. The van der Waals surface area contributed by atoms with Crippen LogP contribution < -0.4 is 16.4 Å². The maximum atomic E-state index is 11.4. The summed E-state index contributed by atoms with van der Waals surface area (Å²) in [5.41, 5.74) is 4.92. The van der Waals surface area contributed by atoms with E-state index in [1.54, 1.807) is 0 Å². The summed E-state index contributed by atoms with van der Waals surface area (Å²) < 4.78 is 10.9. The molecule has 1 fully saturated rings. The van der Waals surface area contributed by atoms with Crippen molar-refractivity contribution in [2.45, 2.75) is 56.8 Å². The molecule has 7 N–H and O–H groups in total. The van der Waals surface area contributed by atoms with Gasteiger partial charge in [-0.1, -0.05) is 0 Å². The normalized spacial score (nSPS) is 28.4. The number of carbonyl (C=O) groups is 3. The minimum absolute atomic E-state index is 0.158. The Morgan fingerprint density at radius 3 is 2.46 bits per heavy atom. The number of hydrogen-bond donors (Lipinski definition) is 6. The third-order valence-electron chi connectivity index (χ3n) is 3.79. The molecule has 0 saturated carbocycles. The molecule has 1 aliphatic heterocycles. The molecule has 1 rings (SSSR count). The van der Waals surface area contributed by atoms with E-state index in [1.807, 2.05) is 0 Å². The highest BCUT2D eigenvalue weighted by molar-refractivity contribution is 5.83. The molecule has 3 amide bonds. The lowest BCUT2D eigenvalue weighted by Gasteiger charge is -2.42. The topological polar surface area (TPSA) is 180 Å². The minimum Gasteiger partial charge on any atom is -0.394 e. The Bertz CT molecular complexity index is 490. The summed E-state index contributed by atoms with van der Waals surface area (Å²) in [6.45, 7) is 0.668. The van der Waals surface area contributed by atoms with Gasteiger partial charge in [0.2, 0.25) is 17.7 Å². The third kappa shape index (κ3) is 7.22. The highest BCUT2D eigenvalue weighted by Crippen LogP contribution is 2.22. The van der Waals surface area contributed by atoms with Crippen LogP contribution in [0.15, 0.2) is 0 Å². The smallest absolute Gasteiger partial charge is 0.236 e. The lowest BCUT2D eigenvalue weighted by Crippen LogP contribution is -2.64. The summed E-state index contributed by atoms with van der Waals surface area (Å²) in [5.74, 6) is -1.38. The number of aliphatic hydroxyl groups is 3. The van der Waals surface area contributed by atoms with Crippen molar-refractivity contribution in [3.8, 4) is 0 Å². The number of aliphatic hydroxyl groups excluding tert-OH is 3. The Balaban J connectivity index is 2.42. The first-order valence-electron chi connectivity index (χ1n) is 8.32. The van der Waals surface area contributed by atoms with E-state index >= 15 is 0 Å². The molecular formula is C15H27N3O8. The van der Waals surface area contributed by atoms with Gasteiger partial charge in [0.25, 0.3) is 0 Å². The summed E-state index contributed by atoms with van der Waals surface area (Å²) >= 11 is 0. The second-order valence-electron chi connectivity index (χ2n) is 6.00. The van der Waals surface area contributed by atoms with Crippen LogP contribution in [0.4, 0.5) is 0 Å². The highest BCUT2D eigenvalue weighted by Gasteiger charge is 2.45. The van der Waals surface area contributed by atoms with Crippen molar-refractivity contribution >= 4 is 17.7 Å². The number of ether oxygens (including phenoxy) is 2. The molecule has 0 radical (unpaired) electrons. The SMILES string of the molecule is CC(=O)NC1C(OCCCCC(=O)NCC(N)=O)OC(CO)C(O)C1O. The predicted octanol–water partition coefficient (Wildman–Crippen LogP) is -3.28. The molecule has 5 unspecified atom stereocenters. The number of nitrogens with one attached hydrogen (secondary N) is 2. The molecule has 1 heterocycles. The van der Waals surface area contributed by atoms with Gasteiger partial charge in [-0.05, 0) is 12.8 Å². The van der Waals surface area contributed by atoms with Gasteiger partial charge >= 0.3 is 0 Å². The van der Waals surface area contributed by atoms with Crippen LogP contribution in [0.2, 0.25) is 0 Å². The summed E-state index contributed by atoms with van der Waals surface area (Å²) in [5, 5.41) is 34.0. The maximum absolute atomic E-state index is 11.4. The first-order valence-corrected chi connectivity index (χ1v) is 8.32. The van der Waals surface area contributed by atoms with Crippen LogP contribution in [0, 0.1) is 0 Å². The van der Waals surface area contributed by atoms with E-state index in [9.17, 15) is 29.7 Å². The average molecular weight is 377 g/mol. The fourth-order valence-corrected chi connectivity index (χ4v) is 2.47. The van der Waals surface area contributed by atoms with Crippen molar-refractivity contribution in [2.24, 2.45) is 5.73 Å². The highest BCUT2D eigenvalue weighted by atomic mass is 16.7. The average Bonchev–Trinajstić information content (AvgIpc) is 2.58. The molecule has 0 aromatic heterocycles. The Morgan fingerprint density at radius 1 is 1.19 bits per heavy atom. The van der Waals surface area contributed by atoms with E-state index in [0.717, 1.165) is 0 Å². The Morgan fingerprint density at radius 2 is 1.88 bits per heavy atom. The fraction of sp³-hybridized carbons (Fsp3) is 0.800. The van der Waals surface area contributed by atoms with Gasteiger partial charge in [0.1, 0.15) is 24.4 Å². The van der Waals surface area contributed by atoms with E-state index < -0.39 is 49.1 Å². The van der Waals surface area contributed by atoms with Gasteiger partial charge in [0, 0.05) is 20.0 Å². The lowest BCUT2D eigenvalue weighted by atomic mass is 9.97. The van der Waals surface area contributed by atoms with Crippen LogP contribution in [0.25, 0.3) is 0 Å². The molecule has 0 aromatic rings. The van der Waals surface area contributed by atoms with E-state index in [1.165, 1.54) is 6.92 Å². The largest absolute Gasteiger partial charge is 0.394 e. The molecule has 26 heavy (non-hydrogen) atoms. The molecular weight excluding hydrogens is 350 g/mol. The first kappa shape index (κ1) is 22.3. The molecule has 11 nitrogen and oxygen atoms in total. The Labute approximate surface area is 150 Å². The number of nitrogens with two attached hydrogens (primary N) is 1. The van der Waals surface area contributed by atoms with Gasteiger partial charge in [-0.2, -0.15) is 0 Å². The standard InChI is InChI=1S/C15H27N3O8/c1-8(20)18-12-14(24)13(23)9(7-19)26-15(12)25-5-3-2-4-11(22)17-6-10(16)21/h9,12-15,19,23-24H,2-7H2,1H3,(H2,16,21)(H,17,22)(H,18,20). The van der Waals surface area contributed by atoms with Crippen LogP contribution in [0.1, 0.15) is 26.2 Å². The van der Waals surface area contributed by atoms with E-state index in [2.05, 4.69) is 10.6 Å². The van der Waals surface area contributed by atoms with Crippen molar-refractivity contribution in [3.63, 3.8) is 0 Å². The molecule has 0 bridgehead atoms. The second-order valence-corrected chi connectivity index (χ2v) is 6.00. The van der Waals surface area contributed by atoms with Crippen LogP contribution >= 0.6 is 0 Å². The number of primary amides is 1. The fourth-order valence-electron chi connectivity index (χ4n) is 2.47. The van der Waals surface area contributed by atoms with Crippen LogP contribution in [-0.2, 0) is 23.9 Å². The van der Waals surface area contributed by atoms with Crippen molar-refractivity contribution in [1.29, 1.82) is 0 Å². The zero-order valence-electron chi connectivity index (χ0n) is 14.6.